The van der Waals surface area contributed by atoms with Gasteiger partial charge in [-0.15, -0.1) is 0 Å². The number of hydrogen-bond acceptors (Lipinski definition) is 1. The van der Waals surface area contributed by atoms with E-state index in [1.807, 2.05) is 0 Å². The molecule has 0 saturated carbocycles. The topological polar surface area (TPSA) is 37.3 Å². The van der Waals surface area contributed by atoms with Gasteiger partial charge in [-0.25, -0.2) is 0 Å². The quantitative estimate of drug-likeness (QED) is 0.270. The Morgan fingerprint density at radius 1 is 0.810 bits per heavy atom. The molecule has 1 N–H and O–H groups in total. The van der Waals surface area contributed by atoms with Gasteiger partial charge in [0.2, 0.25) is 0 Å². The first-order valence-corrected chi connectivity index (χ1v) is 8.29. The van der Waals surface area contributed by atoms with Gasteiger partial charge in [0.1, 0.15) is 0 Å². The van der Waals surface area contributed by atoms with Crippen LogP contribution in [0.25, 0.3) is 0 Å². The van der Waals surface area contributed by atoms with Crippen LogP contribution in [0, 0.1) is 0 Å². The Bertz CT molecular complexity index is 272. The van der Waals surface area contributed by atoms with E-state index in [-0.39, 0.29) is 18.9 Å². The number of allylic oxidation sites excluding steroid dienone is 4. The van der Waals surface area contributed by atoms with E-state index in [0.717, 1.165) is 25.7 Å². The van der Waals surface area contributed by atoms with Crippen molar-refractivity contribution in [2.45, 2.75) is 84.0 Å². The van der Waals surface area contributed by atoms with Crippen molar-refractivity contribution in [3.8, 4) is 0 Å². The van der Waals surface area contributed by atoms with Gasteiger partial charge in [-0.2, -0.15) is 0 Å². The Kier molecular flexibility index (Phi) is 21.2. The molecule has 118 valence electrons. The van der Waals surface area contributed by atoms with Gasteiger partial charge in [-0.05, 0) is 38.5 Å². The van der Waals surface area contributed by atoms with E-state index in [4.69, 9.17) is 5.11 Å². The number of carboxylic acids is 1. The molecule has 0 amide bonds. The Balaban J connectivity index is 0. The van der Waals surface area contributed by atoms with E-state index in [9.17, 15) is 4.79 Å². The molecule has 0 aromatic rings. The summed E-state index contributed by atoms with van der Waals surface area (Å²) < 4.78 is 0. The molecule has 0 aliphatic rings. The molecule has 3 heteroatoms. The molecule has 0 unspecified atom stereocenters. The number of hydrogen-bond donors (Lipinski definition) is 1. The standard InChI is InChI=1S/C18H32O2.Li.H/c1-2-3-4-5-6-7-8-9-10-11-12-13-14-15-16-17-18(19)20;;/h6-7,9-10H,2-5,8,11-17H2,1H3,(H,19,20);;/b7-6-,10-9-;;. The summed E-state index contributed by atoms with van der Waals surface area (Å²) in [7, 11) is 0. The normalized spacial score (nSPS) is 11.1. The number of aliphatic carboxylic acids is 1. The van der Waals surface area contributed by atoms with Crippen LogP contribution in [0.4, 0.5) is 0 Å². The van der Waals surface area contributed by atoms with E-state index in [2.05, 4.69) is 31.2 Å². The Morgan fingerprint density at radius 3 is 1.90 bits per heavy atom. The maximum absolute atomic E-state index is 10.3. The summed E-state index contributed by atoms with van der Waals surface area (Å²) in [6.45, 7) is 2.23. The second-order valence-corrected chi connectivity index (χ2v) is 5.37. The van der Waals surface area contributed by atoms with Crippen LogP contribution in [0.1, 0.15) is 84.0 Å². The molecule has 0 aliphatic carbocycles. The second kappa shape index (κ2) is 19.5. The average molecular weight is 288 g/mol. The Labute approximate surface area is 143 Å². The molecule has 0 bridgehead atoms. The van der Waals surface area contributed by atoms with Crippen LogP contribution in [0.2, 0.25) is 0 Å². The van der Waals surface area contributed by atoms with Crippen molar-refractivity contribution in [3.63, 3.8) is 0 Å². The molecule has 0 saturated heterocycles. The van der Waals surface area contributed by atoms with Crippen molar-refractivity contribution in [2.24, 2.45) is 0 Å². The molecule has 0 fully saturated rings. The number of carboxylic acid groups (broad SMARTS) is 1. The zero-order valence-corrected chi connectivity index (χ0v) is 13.2. The van der Waals surface area contributed by atoms with Gasteiger partial charge in [-0.1, -0.05) is 63.3 Å². The fourth-order valence-corrected chi connectivity index (χ4v) is 2.09. The third-order valence-electron chi connectivity index (χ3n) is 3.34. The van der Waals surface area contributed by atoms with Crippen molar-refractivity contribution >= 4 is 24.8 Å². The molecule has 2 nitrogen and oxygen atoms in total. The molecule has 0 rings (SSSR count). The number of carbonyl (C=O) groups is 1. The summed E-state index contributed by atoms with van der Waals surface area (Å²) in [5, 5.41) is 8.50. The molecule has 0 atom stereocenters. The fourth-order valence-electron chi connectivity index (χ4n) is 2.09. The van der Waals surface area contributed by atoms with E-state index < -0.39 is 5.97 Å². The van der Waals surface area contributed by atoms with Crippen LogP contribution in [-0.4, -0.2) is 29.9 Å². The third kappa shape index (κ3) is 22.0. The average Bonchev–Trinajstić information content (AvgIpc) is 2.43. The molecule has 0 aromatic heterocycles. The van der Waals surface area contributed by atoms with Crippen molar-refractivity contribution in [2.75, 3.05) is 0 Å². The summed E-state index contributed by atoms with van der Waals surface area (Å²) in [6.07, 6.45) is 22.3. The number of rotatable bonds is 14. The summed E-state index contributed by atoms with van der Waals surface area (Å²) >= 11 is 0. The van der Waals surface area contributed by atoms with E-state index in [1.54, 1.807) is 0 Å². The van der Waals surface area contributed by atoms with E-state index >= 15 is 0 Å². The van der Waals surface area contributed by atoms with Crippen molar-refractivity contribution in [1.29, 1.82) is 0 Å². The zero-order valence-electron chi connectivity index (χ0n) is 13.2. The second-order valence-electron chi connectivity index (χ2n) is 5.37. The summed E-state index contributed by atoms with van der Waals surface area (Å²) in [6, 6.07) is 0. The molecule has 0 radical (unpaired) electrons. The van der Waals surface area contributed by atoms with Gasteiger partial charge < -0.3 is 5.11 Å². The first-order chi connectivity index (χ1) is 9.77. The monoisotopic (exact) mass is 288 g/mol. The Morgan fingerprint density at radius 2 is 1.33 bits per heavy atom. The van der Waals surface area contributed by atoms with E-state index in [1.165, 1.54) is 44.9 Å². The summed E-state index contributed by atoms with van der Waals surface area (Å²) in [5.41, 5.74) is 0. The van der Waals surface area contributed by atoms with Gasteiger partial charge >= 0.3 is 24.8 Å². The van der Waals surface area contributed by atoms with Gasteiger partial charge in [0.05, 0.1) is 0 Å². The zero-order chi connectivity index (χ0) is 14.9. The van der Waals surface area contributed by atoms with Crippen LogP contribution >= 0.6 is 0 Å². The summed E-state index contributed by atoms with van der Waals surface area (Å²) in [4.78, 5) is 10.3. The van der Waals surface area contributed by atoms with Crippen LogP contribution in [0.3, 0.4) is 0 Å². The van der Waals surface area contributed by atoms with Crippen LogP contribution in [0.5, 0.6) is 0 Å². The third-order valence-corrected chi connectivity index (χ3v) is 3.34. The van der Waals surface area contributed by atoms with Gasteiger partial charge in [0.25, 0.3) is 0 Å². The molecule has 0 heterocycles. The van der Waals surface area contributed by atoms with Crippen LogP contribution < -0.4 is 0 Å². The first kappa shape index (κ1) is 22.8. The van der Waals surface area contributed by atoms with Gasteiger partial charge in [0.15, 0.2) is 0 Å². The SMILES string of the molecule is CCCCC/C=C\C/C=C\CCCCCCCC(=O)O.[LiH]. The Hall–Kier alpha value is -0.453. The molecule has 0 aromatic carbocycles. The van der Waals surface area contributed by atoms with Crippen LogP contribution in [0.15, 0.2) is 24.3 Å². The maximum atomic E-state index is 10.3. The molecular formula is C18H33LiO2. The minimum atomic E-state index is -0.671. The van der Waals surface area contributed by atoms with Crippen molar-refractivity contribution in [1.82, 2.24) is 0 Å². The number of unbranched alkanes of at least 4 members (excludes halogenated alkanes) is 8. The molecule has 21 heavy (non-hydrogen) atoms. The van der Waals surface area contributed by atoms with Crippen molar-refractivity contribution < 1.29 is 9.90 Å². The summed E-state index contributed by atoms with van der Waals surface area (Å²) in [5.74, 6) is -0.671. The molecular weight excluding hydrogens is 255 g/mol. The van der Waals surface area contributed by atoms with Crippen molar-refractivity contribution in [3.05, 3.63) is 24.3 Å². The fraction of sp³-hybridized carbons (Fsp3) is 0.722. The van der Waals surface area contributed by atoms with Gasteiger partial charge in [-0.3, -0.25) is 4.79 Å². The predicted octanol–water partition coefficient (Wildman–Crippen LogP) is 5.24. The first-order valence-electron chi connectivity index (χ1n) is 8.29. The minimum absolute atomic E-state index is 0. The van der Waals surface area contributed by atoms with E-state index in [0.29, 0.717) is 6.42 Å². The molecule has 0 spiro atoms. The molecule has 0 aliphatic heterocycles. The van der Waals surface area contributed by atoms with Gasteiger partial charge in [0, 0.05) is 6.42 Å². The predicted molar refractivity (Wildman–Crippen MR) is 94.1 cm³/mol. The van der Waals surface area contributed by atoms with Crippen LogP contribution in [-0.2, 0) is 4.79 Å².